The fourth-order valence-electron chi connectivity index (χ4n) is 2.72. The molecule has 0 bridgehead atoms. The number of amides is 2. The molecule has 0 saturated carbocycles. The lowest BCUT2D eigenvalue weighted by Gasteiger charge is -2.14. The lowest BCUT2D eigenvalue weighted by atomic mass is 10.1. The first-order valence-corrected chi connectivity index (χ1v) is 9.35. The summed E-state index contributed by atoms with van der Waals surface area (Å²) in [6, 6.07) is 13.4. The second kappa shape index (κ2) is 6.49. The molecule has 7 heteroatoms. The van der Waals surface area contributed by atoms with E-state index in [9.17, 15) is 13.8 Å². The van der Waals surface area contributed by atoms with Crippen LogP contribution in [-0.4, -0.2) is 26.7 Å². The molecule has 0 aliphatic carbocycles. The first-order valence-electron chi connectivity index (χ1n) is 7.67. The van der Waals surface area contributed by atoms with Gasteiger partial charge >= 0.3 is 0 Å². The first kappa shape index (κ1) is 16.9. The molecule has 2 aromatic carbocycles. The van der Waals surface area contributed by atoms with Crippen LogP contribution in [-0.2, 0) is 16.3 Å². The Balaban J connectivity index is 1.86. The Bertz CT molecular complexity index is 978. The Morgan fingerprint density at radius 3 is 2.08 bits per heavy atom. The van der Waals surface area contributed by atoms with Crippen molar-refractivity contribution in [1.29, 1.82) is 5.26 Å². The van der Waals surface area contributed by atoms with Crippen molar-refractivity contribution < 1.29 is 13.8 Å². The van der Waals surface area contributed by atoms with E-state index in [2.05, 4.69) is 4.36 Å². The maximum atomic E-state index is 12.6. The number of benzene rings is 2. The molecular formula is C18H15N3O3S. The Morgan fingerprint density at radius 1 is 1.04 bits per heavy atom. The summed E-state index contributed by atoms with van der Waals surface area (Å²) in [4.78, 5) is 26.4. The van der Waals surface area contributed by atoms with Gasteiger partial charge in [0.25, 0.3) is 11.8 Å². The molecular weight excluding hydrogens is 338 g/mol. The van der Waals surface area contributed by atoms with Gasteiger partial charge in [-0.25, -0.2) is 4.21 Å². The lowest BCUT2D eigenvalue weighted by molar-refractivity contribution is 0.0642. The van der Waals surface area contributed by atoms with Gasteiger partial charge in [0.2, 0.25) is 6.19 Å². The van der Waals surface area contributed by atoms with Gasteiger partial charge in [-0.2, -0.15) is 5.26 Å². The third kappa shape index (κ3) is 2.92. The molecule has 1 aliphatic heterocycles. The van der Waals surface area contributed by atoms with Crippen molar-refractivity contribution in [1.82, 2.24) is 4.90 Å². The first-order chi connectivity index (χ1) is 12.0. The Morgan fingerprint density at radius 2 is 1.60 bits per heavy atom. The van der Waals surface area contributed by atoms with Gasteiger partial charge in [-0.05, 0) is 29.8 Å². The lowest BCUT2D eigenvalue weighted by Crippen LogP contribution is -2.29. The van der Waals surface area contributed by atoms with Crippen LogP contribution in [0.3, 0.4) is 0 Å². The molecule has 1 aliphatic rings. The van der Waals surface area contributed by atoms with Crippen LogP contribution in [0.4, 0.5) is 0 Å². The summed E-state index contributed by atoms with van der Waals surface area (Å²) in [6.45, 7) is 1.84. The molecule has 0 N–H and O–H groups in total. The molecule has 0 saturated heterocycles. The average molecular weight is 353 g/mol. The molecule has 1 atom stereocenters. The Hall–Kier alpha value is -2.98. The van der Waals surface area contributed by atoms with Crippen molar-refractivity contribution in [3.63, 3.8) is 0 Å². The van der Waals surface area contributed by atoms with E-state index in [0.717, 1.165) is 5.56 Å². The van der Waals surface area contributed by atoms with Gasteiger partial charge in [0.05, 0.1) is 27.4 Å². The zero-order valence-electron chi connectivity index (χ0n) is 13.5. The number of nitrogens with zero attached hydrogens (tertiary/aromatic N) is 3. The summed E-state index contributed by atoms with van der Waals surface area (Å²) in [5.74, 6) is -0.402. The average Bonchev–Trinajstić information content (AvgIpc) is 2.88. The molecule has 0 radical (unpaired) electrons. The maximum absolute atomic E-state index is 12.6. The van der Waals surface area contributed by atoms with Gasteiger partial charge in [0.15, 0.2) is 0 Å². The summed E-state index contributed by atoms with van der Waals surface area (Å²) in [5.41, 5.74) is 1.55. The van der Waals surface area contributed by atoms with Crippen LogP contribution in [0.25, 0.3) is 0 Å². The Kier molecular flexibility index (Phi) is 4.38. The van der Waals surface area contributed by atoms with E-state index in [1.54, 1.807) is 61.6 Å². The highest BCUT2D eigenvalue weighted by Crippen LogP contribution is 2.24. The molecule has 0 fully saturated rings. The standard InChI is InChI=1S/C18H15N3O3S/c1-2-25(24,20-12-19)14-9-7-13(8-10-14)11-21-17(22)15-5-3-4-6-16(15)18(21)23/h3-10H,2,11H2,1H3. The predicted octanol–water partition coefficient (Wildman–Crippen LogP) is 2.81. The second-order valence-corrected chi connectivity index (χ2v) is 8.02. The van der Waals surface area contributed by atoms with E-state index >= 15 is 0 Å². The molecule has 2 aromatic rings. The molecule has 0 aromatic heterocycles. The summed E-state index contributed by atoms with van der Waals surface area (Å²) >= 11 is 0. The third-order valence-electron chi connectivity index (χ3n) is 4.09. The van der Waals surface area contributed by atoms with Crippen molar-refractivity contribution >= 4 is 21.5 Å². The fourth-order valence-corrected chi connectivity index (χ4v) is 3.98. The van der Waals surface area contributed by atoms with Crippen LogP contribution in [0.5, 0.6) is 0 Å². The maximum Gasteiger partial charge on any atom is 0.261 e. The third-order valence-corrected chi connectivity index (χ3v) is 6.26. The number of imide groups is 1. The smallest absolute Gasteiger partial charge is 0.261 e. The highest BCUT2D eigenvalue weighted by atomic mass is 32.2. The highest BCUT2D eigenvalue weighted by Gasteiger charge is 2.34. The molecule has 126 valence electrons. The number of carbonyl (C=O) groups is 2. The van der Waals surface area contributed by atoms with Crippen molar-refractivity contribution in [2.24, 2.45) is 4.36 Å². The minimum Gasteiger partial charge on any atom is -0.270 e. The molecule has 0 spiro atoms. The van der Waals surface area contributed by atoms with Crippen LogP contribution < -0.4 is 0 Å². The van der Waals surface area contributed by atoms with E-state index in [0.29, 0.717) is 16.0 Å². The second-order valence-electron chi connectivity index (χ2n) is 5.51. The van der Waals surface area contributed by atoms with E-state index in [1.807, 2.05) is 0 Å². The summed E-state index contributed by atoms with van der Waals surface area (Å²) in [7, 11) is -2.75. The van der Waals surface area contributed by atoms with E-state index in [4.69, 9.17) is 5.26 Å². The molecule has 1 heterocycles. The molecule has 2 amide bonds. The van der Waals surface area contributed by atoms with Gasteiger partial charge < -0.3 is 0 Å². The van der Waals surface area contributed by atoms with E-state index in [1.165, 1.54) is 4.90 Å². The van der Waals surface area contributed by atoms with Crippen molar-refractivity contribution in [2.75, 3.05) is 5.75 Å². The van der Waals surface area contributed by atoms with Gasteiger partial charge in [0, 0.05) is 10.6 Å². The summed E-state index contributed by atoms with van der Waals surface area (Å²) in [6.07, 6.45) is 1.60. The van der Waals surface area contributed by atoms with Crippen molar-refractivity contribution in [3.8, 4) is 6.19 Å². The Labute approximate surface area is 145 Å². The largest absolute Gasteiger partial charge is 0.270 e. The SMILES string of the molecule is CCS(=O)(=NC#N)c1ccc(CN2C(=O)c3ccccc3C2=O)cc1. The van der Waals surface area contributed by atoms with Crippen LogP contribution in [0.1, 0.15) is 33.2 Å². The molecule has 25 heavy (non-hydrogen) atoms. The van der Waals surface area contributed by atoms with E-state index in [-0.39, 0.29) is 24.1 Å². The molecule has 6 nitrogen and oxygen atoms in total. The van der Waals surface area contributed by atoms with Crippen molar-refractivity contribution in [2.45, 2.75) is 18.4 Å². The molecule has 1 unspecified atom stereocenters. The number of fused-ring (bicyclic) bond motifs is 1. The number of nitriles is 1. The summed E-state index contributed by atoms with van der Waals surface area (Å²) < 4.78 is 16.1. The van der Waals surface area contributed by atoms with E-state index < -0.39 is 9.73 Å². The fraction of sp³-hybridized carbons (Fsp3) is 0.167. The number of hydrogen-bond donors (Lipinski definition) is 0. The zero-order chi connectivity index (χ0) is 18.0. The van der Waals surface area contributed by atoms with Crippen LogP contribution in [0.2, 0.25) is 0 Å². The highest BCUT2D eigenvalue weighted by molar-refractivity contribution is 7.93. The quantitative estimate of drug-likeness (QED) is 0.624. The monoisotopic (exact) mass is 353 g/mol. The topological polar surface area (TPSA) is 90.6 Å². The number of carbonyl (C=O) groups excluding carboxylic acids is 2. The van der Waals surface area contributed by atoms with Gasteiger partial charge in [-0.15, -0.1) is 4.36 Å². The minimum absolute atomic E-state index is 0.134. The molecule has 3 rings (SSSR count). The van der Waals surface area contributed by atoms with Gasteiger partial charge in [-0.3, -0.25) is 14.5 Å². The normalized spacial score (nSPS) is 15.4. The summed E-state index contributed by atoms with van der Waals surface area (Å²) in [5, 5.41) is 8.71. The van der Waals surface area contributed by atoms with Gasteiger partial charge in [-0.1, -0.05) is 31.2 Å². The van der Waals surface area contributed by atoms with Crippen LogP contribution in [0, 0.1) is 11.5 Å². The van der Waals surface area contributed by atoms with Crippen molar-refractivity contribution in [3.05, 3.63) is 65.2 Å². The zero-order valence-corrected chi connectivity index (χ0v) is 14.3. The minimum atomic E-state index is -2.75. The number of hydrogen-bond acceptors (Lipinski definition) is 5. The predicted molar refractivity (Wildman–Crippen MR) is 92.1 cm³/mol. The van der Waals surface area contributed by atoms with Crippen LogP contribution in [0.15, 0.2) is 57.8 Å². The number of rotatable bonds is 4. The van der Waals surface area contributed by atoms with Crippen LogP contribution >= 0.6 is 0 Å². The van der Waals surface area contributed by atoms with Gasteiger partial charge in [0.1, 0.15) is 0 Å².